The quantitative estimate of drug-likeness (QED) is 0.780. The number of para-hydroxylation sites is 1. The van der Waals surface area contributed by atoms with Crippen molar-refractivity contribution in [2.24, 2.45) is 0 Å². The molecule has 2 fully saturated rings. The lowest BCUT2D eigenvalue weighted by atomic mass is 9.99. The number of hydrogen-bond donors (Lipinski definition) is 0. The molecule has 2 aliphatic rings. The molecule has 0 bridgehead atoms. The van der Waals surface area contributed by atoms with E-state index in [1.165, 1.54) is 69.5 Å². The van der Waals surface area contributed by atoms with Crippen LogP contribution in [0.25, 0.3) is 0 Å². The first-order chi connectivity index (χ1) is 9.88. The van der Waals surface area contributed by atoms with Crippen LogP contribution in [0.2, 0.25) is 0 Å². The number of alkyl halides is 1. The summed E-state index contributed by atoms with van der Waals surface area (Å²) in [5.74, 6) is 0.613. The molecule has 1 aromatic carbocycles. The molecule has 0 aliphatic carbocycles. The minimum absolute atomic E-state index is 0.613. The Kier molecular flexibility index (Phi) is 4.85. The third-order valence-electron chi connectivity index (χ3n) is 4.85. The van der Waals surface area contributed by atoms with Crippen LogP contribution in [-0.4, -0.2) is 37.1 Å². The highest BCUT2D eigenvalue weighted by Crippen LogP contribution is 2.27. The number of halogens is 1. The Labute approximate surface area is 127 Å². The van der Waals surface area contributed by atoms with Crippen LogP contribution in [0.4, 0.5) is 5.69 Å². The molecule has 0 N–H and O–H groups in total. The molecule has 20 heavy (non-hydrogen) atoms. The maximum absolute atomic E-state index is 6.07. The zero-order valence-corrected chi connectivity index (χ0v) is 13.0. The summed E-state index contributed by atoms with van der Waals surface area (Å²) in [5.41, 5.74) is 2.62. The van der Waals surface area contributed by atoms with Crippen LogP contribution in [0.3, 0.4) is 0 Å². The molecule has 1 aromatic rings. The lowest BCUT2D eigenvalue weighted by molar-refractivity contribution is 0.141. The standard InChI is InChI=1S/C17H25ClN2/c18-14-15-6-2-3-7-17(15)20-12-8-16(9-13-20)19-10-4-1-5-11-19/h2-3,6-7,16H,1,4-5,8-14H2. The molecule has 0 unspecified atom stereocenters. The fraction of sp³-hybridized carbons (Fsp3) is 0.647. The molecule has 3 rings (SSSR count). The predicted octanol–water partition coefficient (Wildman–Crippen LogP) is 3.88. The summed E-state index contributed by atoms with van der Waals surface area (Å²) in [6, 6.07) is 9.40. The van der Waals surface area contributed by atoms with E-state index in [-0.39, 0.29) is 0 Å². The zero-order chi connectivity index (χ0) is 13.8. The highest BCUT2D eigenvalue weighted by atomic mass is 35.5. The van der Waals surface area contributed by atoms with Gasteiger partial charge in [-0.2, -0.15) is 0 Å². The van der Waals surface area contributed by atoms with Gasteiger partial charge >= 0.3 is 0 Å². The lowest BCUT2D eigenvalue weighted by Crippen LogP contribution is -2.46. The molecule has 2 heterocycles. The van der Waals surface area contributed by atoms with Crippen molar-refractivity contribution in [3.63, 3.8) is 0 Å². The minimum Gasteiger partial charge on any atom is -0.371 e. The average molecular weight is 293 g/mol. The Bertz CT molecular complexity index is 421. The largest absolute Gasteiger partial charge is 0.371 e. The lowest BCUT2D eigenvalue weighted by Gasteiger charge is -2.41. The first-order valence-corrected chi connectivity index (χ1v) is 8.55. The summed E-state index contributed by atoms with van der Waals surface area (Å²) < 4.78 is 0. The number of nitrogens with zero attached hydrogens (tertiary/aromatic N) is 2. The zero-order valence-electron chi connectivity index (χ0n) is 12.2. The molecular formula is C17H25ClN2. The van der Waals surface area contributed by atoms with Gasteiger partial charge in [-0.15, -0.1) is 11.6 Å². The van der Waals surface area contributed by atoms with E-state index in [4.69, 9.17) is 11.6 Å². The van der Waals surface area contributed by atoms with Gasteiger partial charge in [0.15, 0.2) is 0 Å². The van der Waals surface area contributed by atoms with Crippen molar-refractivity contribution in [1.29, 1.82) is 0 Å². The molecule has 3 heteroatoms. The van der Waals surface area contributed by atoms with E-state index in [1.54, 1.807) is 0 Å². The number of benzene rings is 1. The summed E-state index contributed by atoms with van der Waals surface area (Å²) in [5, 5.41) is 0. The van der Waals surface area contributed by atoms with Crippen LogP contribution in [-0.2, 0) is 5.88 Å². The molecule has 110 valence electrons. The van der Waals surface area contributed by atoms with Crippen LogP contribution >= 0.6 is 11.6 Å². The van der Waals surface area contributed by atoms with Crippen LogP contribution in [0.15, 0.2) is 24.3 Å². The smallest absolute Gasteiger partial charge is 0.0494 e. The molecular weight excluding hydrogens is 268 g/mol. The maximum atomic E-state index is 6.07. The van der Waals surface area contributed by atoms with Crippen molar-refractivity contribution >= 4 is 17.3 Å². The Morgan fingerprint density at radius 3 is 2.35 bits per heavy atom. The molecule has 0 saturated carbocycles. The van der Waals surface area contributed by atoms with E-state index in [9.17, 15) is 0 Å². The van der Waals surface area contributed by atoms with Crippen LogP contribution < -0.4 is 4.90 Å². The van der Waals surface area contributed by atoms with Gasteiger partial charge in [0, 0.05) is 30.7 Å². The number of rotatable bonds is 3. The van der Waals surface area contributed by atoms with E-state index in [2.05, 4.69) is 34.1 Å². The first-order valence-electron chi connectivity index (χ1n) is 8.01. The van der Waals surface area contributed by atoms with E-state index in [0.717, 1.165) is 6.04 Å². The van der Waals surface area contributed by atoms with Gasteiger partial charge in [0.2, 0.25) is 0 Å². The monoisotopic (exact) mass is 292 g/mol. The van der Waals surface area contributed by atoms with Crippen molar-refractivity contribution < 1.29 is 0 Å². The van der Waals surface area contributed by atoms with E-state index >= 15 is 0 Å². The Balaban J connectivity index is 1.60. The summed E-state index contributed by atoms with van der Waals surface area (Å²) in [6.45, 7) is 5.00. The number of hydrogen-bond acceptors (Lipinski definition) is 2. The van der Waals surface area contributed by atoms with E-state index < -0.39 is 0 Å². The van der Waals surface area contributed by atoms with Gasteiger partial charge in [0.1, 0.15) is 0 Å². The minimum atomic E-state index is 0.613. The third kappa shape index (κ3) is 3.12. The molecule has 2 aliphatic heterocycles. The normalized spacial score (nSPS) is 22.1. The van der Waals surface area contributed by atoms with E-state index in [0.29, 0.717) is 5.88 Å². The van der Waals surface area contributed by atoms with Gasteiger partial charge in [0.05, 0.1) is 0 Å². The highest BCUT2D eigenvalue weighted by Gasteiger charge is 2.26. The second-order valence-electron chi connectivity index (χ2n) is 6.08. The van der Waals surface area contributed by atoms with Crippen molar-refractivity contribution in [2.75, 3.05) is 31.1 Å². The summed E-state index contributed by atoms with van der Waals surface area (Å²) in [6.07, 6.45) is 6.83. The van der Waals surface area contributed by atoms with Crippen molar-refractivity contribution in [2.45, 2.75) is 44.0 Å². The first kappa shape index (κ1) is 14.2. The van der Waals surface area contributed by atoms with E-state index in [1.807, 2.05) is 0 Å². The van der Waals surface area contributed by atoms with Crippen LogP contribution in [0.5, 0.6) is 0 Å². The second kappa shape index (κ2) is 6.82. The van der Waals surface area contributed by atoms with Crippen LogP contribution in [0, 0.1) is 0 Å². The fourth-order valence-electron chi connectivity index (χ4n) is 3.69. The SMILES string of the molecule is ClCc1ccccc1N1CCC(N2CCCCC2)CC1. The Morgan fingerprint density at radius 2 is 1.65 bits per heavy atom. The summed E-state index contributed by atoms with van der Waals surface area (Å²) >= 11 is 6.07. The summed E-state index contributed by atoms with van der Waals surface area (Å²) in [4.78, 5) is 5.26. The number of likely N-dealkylation sites (tertiary alicyclic amines) is 1. The molecule has 2 nitrogen and oxygen atoms in total. The van der Waals surface area contributed by atoms with Gasteiger partial charge in [-0.3, -0.25) is 0 Å². The molecule has 0 amide bonds. The van der Waals surface area contributed by atoms with Crippen LogP contribution in [0.1, 0.15) is 37.7 Å². The molecule has 0 spiro atoms. The molecule has 0 atom stereocenters. The average Bonchev–Trinajstić information content (AvgIpc) is 2.56. The van der Waals surface area contributed by atoms with Gasteiger partial charge in [-0.25, -0.2) is 0 Å². The van der Waals surface area contributed by atoms with Gasteiger partial charge in [0.25, 0.3) is 0 Å². The van der Waals surface area contributed by atoms with Gasteiger partial charge in [-0.05, 0) is 50.4 Å². The molecule has 0 radical (unpaired) electrons. The van der Waals surface area contributed by atoms with Gasteiger partial charge < -0.3 is 9.80 Å². The topological polar surface area (TPSA) is 6.48 Å². The van der Waals surface area contributed by atoms with Crippen molar-refractivity contribution in [3.8, 4) is 0 Å². The fourth-order valence-corrected chi connectivity index (χ4v) is 3.91. The Hall–Kier alpha value is -0.730. The van der Waals surface area contributed by atoms with Crippen molar-refractivity contribution in [1.82, 2.24) is 4.90 Å². The number of piperidine rings is 2. The van der Waals surface area contributed by atoms with Gasteiger partial charge in [-0.1, -0.05) is 24.6 Å². The molecule has 0 aromatic heterocycles. The highest BCUT2D eigenvalue weighted by molar-refractivity contribution is 6.17. The van der Waals surface area contributed by atoms with Crippen molar-refractivity contribution in [3.05, 3.63) is 29.8 Å². The number of anilines is 1. The maximum Gasteiger partial charge on any atom is 0.0494 e. The predicted molar refractivity (Wildman–Crippen MR) is 86.7 cm³/mol. The Morgan fingerprint density at radius 1 is 0.950 bits per heavy atom. The second-order valence-corrected chi connectivity index (χ2v) is 6.34. The third-order valence-corrected chi connectivity index (χ3v) is 5.14. The summed E-state index contributed by atoms with van der Waals surface area (Å²) in [7, 11) is 0. The molecule has 2 saturated heterocycles.